The lowest BCUT2D eigenvalue weighted by Crippen LogP contribution is -2.29. The average Bonchev–Trinajstić information content (AvgIpc) is 2.04. The number of hydrogen-bond acceptors (Lipinski definition) is 4. The number of aromatic carboxylic acids is 2. The molecule has 0 atom stereocenters. The van der Waals surface area contributed by atoms with E-state index in [1.165, 1.54) is 12.1 Å². The minimum Gasteiger partial charge on any atom is -0.545 e. The van der Waals surface area contributed by atoms with Gasteiger partial charge >= 0.3 is 0 Å². The van der Waals surface area contributed by atoms with Crippen LogP contribution in [0.3, 0.4) is 0 Å². The first kappa shape index (κ1) is 15.3. The number of rotatable bonds is 2. The van der Waals surface area contributed by atoms with Crippen LogP contribution < -0.4 is 10.2 Å². The highest BCUT2D eigenvalue weighted by Crippen LogP contribution is 2.05. The number of carbonyl (C=O) groups excluding carboxylic acids is 2. The Morgan fingerprint density at radius 1 is 0.857 bits per heavy atom. The fraction of sp³-hybridized carbons (Fsp3) is 0. The molecule has 0 aliphatic carbocycles. The van der Waals surface area contributed by atoms with Crippen molar-refractivity contribution < 1.29 is 19.8 Å². The van der Waals surface area contributed by atoms with E-state index in [1.54, 1.807) is 0 Å². The van der Waals surface area contributed by atoms with Crippen LogP contribution in [0.15, 0.2) is 24.3 Å². The van der Waals surface area contributed by atoms with E-state index in [0.717, 1.165) is 12.1 Å². The van der Waals surface area contributed by atoms with Gasteiger partial charge in [0.05, 0.1) is 11.9 Å². The van der Waals surface area contributed by atoms with E-state index in [-0.39, 0.29) is 38.1 Å². The van der Waals surface area contributed by atoms with Crippen LogP contribution >= 0.6 is 0 Å². The van der Waals surface area contributed by atoms with Crippen molar-refractivity contribution in [3.8, 4) is 0 Å². The van der Waals surface area contributed by atoms with Gasteiger partial charge in [-0.2, -0.15) is 0 Å². The summed E-state index contributed by atoms with van der Waals surface area (Å²) in [5.74, 6) is -3.04. The van der Waals surface area contributed by atoms with E-state index < -0.39 is 11.9 Å². The summed E-state index contributed by atoms with van der Waals surface area (Å²) in [6.45, 7) is 0. The maximum Gasteiger partial charge on any atom is 0.0721 e. The Labute approximate surface area is 94.5 Å². The first-order chi connectivity index (χ1) is 5.63. The van der Waals surface area contributed by atoms with Crippen molar-refractivity contribution in [2.24, 2.45) is 0 Å². The number of carbonyl (C=O) groups is 2. The monoisotopic (exact) mass is 234 g/mol. The number of carboxylic acid groups (broad SMARTS) is 2. The van der Waals surface area contributed by atoms with Gasteiger partial charge in [0.15, 0.2) is 0 Å². The predicted molar refractivity (Wildman–Crippen MR) is 58.2 cm³/mol. The van der Waals surface area contributed by atoms with Gasteiger partial charge in [-0.25, -0.2) is 0 Å². The first-order valence-electron chi connectivity index (χ1n) is 3.14. The lowest BCUT2D eigenvalue weighted by atomic mass is 10.1. The molecule has 1 aromatic rings. The van der Waals surface area contributed by atoms with Crippen molar-refractivity contribution in [2.45, 2.75) is 0 Å². The standard InChI is InChI=1S/C8H6O4.2H2S/c9-7(10)5-3-1-2-4-6(5)8(11)12;;/h1-4H,(H,9,10)(H,11,12);2*1H2. The lowest BCUT2D eigenvalue weighted by Gasteiger charge is -2.09. The number of hydrogen-bond donors (Lipinski definition) is 0. The quantitative estimate of drug-likeness (QED) is 0.505. The van der Waals surface area contributed by atoms with Crippen molar-refractivity contribution in [1.82, 2.24) is 0 Å². The summed E-state index contributed by atoms with van der Waals surface area (Å²) in [6.07, 6.45) is 0. The second-order valence-corrected chi connectivity index (χ2v) is 2.12. The third-order valence-corrected chi connectivity index (χ3v) is 1.37. The second-order valence-electron chi connectivity index (χ2n) is 2.12. The molecule has 0 bridgehead atoms. The molecule has 0 N–H and O–H groups in total. The van der Waals surface area contributed by atoms with E-state index in [4.69, 9.17) is 0 Å². The number of carboxylic acids is 2. The zero-order valence-electron chi connectivity index (χ0n) is 7.10. The van der Waals surface area contributed by atoms with Crippen LogP contribution in [-0.4, -0.2) is 11.9 Å². The van der Waals surface area contributed by atoms with Gasteiger partial charge in [-0.3, -0.25) is 0 Å². The molecule has 0 unspecified atom stereocenters. The van der Waals surface area contributed by atoms with Gasteiger partial charge in [0.1, 0.15) is 0 Å². The van der Waals surface area contributed by atoms with Crippen LogP contribution in [0.1, 0.15) is 20.7 Å². The Morgan fingerprint density at radius 2 is 1.14 bits per heavy atom. The predicted octanol–water partition coefficient (Wildman–Crippen LogP) is -3.20. The molecule has 0 aromatic heterocycles. The van der Waals surface area contributed by atoms with E-state index in [9.17, 15) is 19.8 Å². The highest BCUT2D eigenvalue weighted by atomic mass is 32.1. The van der Waals surface area contributed by atoms with E-state index >= 15 is 0 Å². The molecule has 78 valence electrons. The fourth-order valence-corrected chi connectivity index (χ4v) is 0.839. The zero-order chi connectivity index (χ0) is 9.14. The molecule has 1 aromatic carbocycles. The first-order valence-corrected chi connectivity index (χ1v) is 3.14. The van der Waals surface area contributed by atoms with Gasteiger partial charge < -0.3 is 19.8 Å². The maximum atomic E-state index is 10.3. The Hall–Kier alpha value is -1.14. The summed E-state index contributed by atoms with van der Waals surface area (Å²) in [6, 6.07) is 5.14. The lowest BCUT2D eigenvalue weighted by molar-refractivity contribution is -0.259. The maximum absolute atomic E-state index is 10.3. The van der Waals surface area contributed by atoms with Crippen molar-refractivity contribution in [3.05, 3.63) is 35.4 Å². The minimum atomic E-state index is -1.52. The Bertz CT molecular complexity index is 305. The summed E-state index contributed by atoms with van der Waals surface area (Å²) in [4.78, 5) is 20.6. The molecule has 0 fully saturated rings. The molecule has 4 nitrogen and oxygen atoms in total. The van der Waals surface area contributed by atoms with Crippen LogP contribution in [0.4, 0.5) is 0 Å². The molecular formula is C8H10O4S2. The molecule has 6 heteroatoms. The Morgan fingerprint density at radius 3 is 1.36 bits per heavy atom. The van der Waals surface area contributed by atoms with Crippen molar-refractivity contribution >= 4 is 38.9 Å². The SMILES string of the molecule is O=C([O-])c1ccccc1C(=O)[O-].[SH3+].[SH3+]. The third kappa shape index (κ3) is 3.31. The summed E-state index contributed by atoms with van der Waals surface area (Å²) in [7, 11) is 0. The molecule has 0 aliphatic rings. The van der Waals surface area contributed by atoms with Crippen molar-refractivity contribution in [2.75, 3.05) is 0 Å². The molecule has 0 radical (unpaired) electrons. The normalized spacial score (nSPS) is 8.00. The summed E-state index contributed by atoms with van der Waals surface area (Å²) >= 11 is 0. The smallest absolute Gasteiger partial charge is 0.0721 e. The van der Waals surface area contributed by atoms with Gasteiger partial charge in [0.25, 0.3) is 0 Å². The average molecular weight is 234 g/mol. The Kier molecular flexibility index (Phi) is 6.94. The van der Waals surface area contributed by atoms with Crippen LogP contribution in [0.2, 0.25) is 0 Å². The summed E-state index contributed by atoms with van der Waals surface area (Å²) < 4.78 is 0. The topological polar surface area (TPSA) is 80.3 Å². The molecule has 0 amide bonds. The Balaban J connectivity index is 0. The summed E-state index contributed by atoms with van der Waals surface area (Å²) in [5.41, 5.74) is -0.727. The summed E-state index contributed by atoms with van der Waals surface area (Å²) in [5, 5.41) is 20.6. The largest absolute Gasteiger partial charge is 0.545 e. The van der Waals surface area contributed by atoms with Crippen molar-refractivity contribution in [3.63, 3.8) is 0 Å². The van der Waals surface area contributed by atoms with Gasteiger partial charge in [0.2, 0.25) is 0 Å². The molecule has 0 aliphatic heterocycles. The molecule has 0 spiro atoms. The van der Waals surface area contributed by atoms with Crippen LogP contribution in [0.5, 0.6) is 0 Å². The number of benzene rings is 1. The highest BCUT2D eigenvalue weighted by Gasteiger charge is 2.01. The van der Waals surface area contributed by atoms with Gasteiger partial charge in [0, 0.05) is 11.1 Å². The molecule has 1 rings (SSSR count). The van der Waals surface area contributed by atoms with E-state index in [2.05, 4.69) is 0 Å². The molecule has 0 saturated carbocycles. The zero-order valence-corrected chi connectivity index (χ0v) is 9.41. The van der Waals surface area contributed by atoms with Gasteiger partial charge in [-0.15, -0.1) is 0 Å². The highest BCUT2D eigenvalue weighted by molar-refractivity contribution is 7.37. The third-order valence-electron chi connectivity index (χ3n) is 1.37. The molecular weight excluding hydrogens is 224 g/mol. The molecule has 0 heterocycles. The van der Waals surface area contributed by atoms with E-state index in [0.29, 0.717) is 0 Å². The molecule has 14 heavy (non-hydrogen) atoms. The minimum absolute atomic E-state index is 0. The fourth-order valence-electron chi connectivity index (χ4n) is 0.839. The van der Waals surface area contributed by atoms with E-state index in [1.807, 2.05) is 0 Å². The second kappa shape index (κ2) is 6.33. The van der Waals surface area contributed by atoms with Crippen LogP contribution in [0.25, 0.3) is 0 Å². The van der Waals surface area contributed by atoms with Gasteiger partial charge in [-0.1, -0.05) is 51.3 Å². The van der Waals surface area contributed by atoms with Crippen LogP contribution in [0, 0.1) is 0 Å². The van der Waals surface area contributed by atoms with Crippen molar-refractivity contribution in [1.29, 1.82) is 0 Å². The van der Waals surface area contributed by atoms with Gasteiger partial charge in [-0.05, 0) is 0 Å². The molecule has 0 saturated heterocycles. The van der Waals surface area contributed by atoms with Crippen LogP contribution in [-0.2, 0) is 27.0 Å².